The summed E-state index contributed by atoms with van der Waals surface area (Å²) in [5.74, 6) is 0.868. The second kappa shape index (κ2) is 13.7. The summed E-state index contributed by atoms with van der Waals surface area (Å²) in [5, 5.41) is 0. The van der Waals surface area contributed by atoms with E-state index in [0.29, 0.717) is 0 Å². The molecule has 0 radical (unpaired) electrons. The molecule has 0 unspecified atom stereocenters. The highest BCUT2D eigenvalue weighted by Gasteiger charge is 2.36. The Labute approximate surface area is 134 Å². The lowest BCUT2D eigenvalue weighted by molar-refractivity contribution is 0.122. The van der Waals surface area contributed by atoms with Crippen molar-refractivity contribution >= 4 is 8.80 Å². The first-order valence-electron chi connectivity index (χ1n) is 8.75. The standard InChI is InChI=1S/C17H38O3Si/c1-17(2)15-13-11-9-7-6-8-10-12-14-16-21(18-3,19-4)20-5/h17H,6-16H2,1-5H3. The molecular formula is C17H38O3Si. The maximum Gasteiger partial charge on any atom is 0.500 e. The zero-order valence-corrected chi connectivity index (χ0v) is 16.1. The highest BCUT2D eigenvalue weighted by Crippen LogP contribution is 2.18. The smallest absolute Gasteiger partial charge is 0.377 e. The van der Waals surface area contributed by atoms with Crippen LogP contribution >= 0.6 is 0 Å². The van der Waals surface area contributed by atoms with Crippen LogP contribution in [0.5, 0.6) is 0 Å². The Morgan fingerprint density at radius 3 is 1.38 bits per heavy atom. The van der Waals surface area contributed by atoms with Crippen LogP contribution in [0.1, 0.15) is 78.1 Å². The molecule has 0 aliphatic heterocycles. The third kappa shape index (κ3) is 11.3. The van der Waals surface area contributed by atoms with Gasteiger partial charge < -0.3 is 13.3 Å². The molecule has 0 fully saturated rings. The van der Waals surface area contributed by atoms with Crippen molar-refractivity contribution in [3.05, 3.63) is 0 Å². The fourth-order valence-corrected chi connectivity index (χ4v) is 4.48. The van der Waals surface area contributed by atoms with E-state index in [-0.39, 0.29) is 0 Å². The van der Waals surface area contributed by atoms with Crippen LogP contribution in [-0.4, -0.2) is 30.1 Å². The van der Waals surface area contributed by atoms with Gasteiger partial charge in [-0.15, -0.1) is 0 Å². The van der Waals surface area contributed by atoms with Gasteiger partial charge in [-0.3, -0.25) is 0 Å². The summed E-state index contributed by atoms with van der Waals surface area (Å²) in [4.78, 5) is 0. The topological polar surface area (TPSA) is 27.7 Å². The molecule has 0 aliphatic rings. The molecule has 0 spiro atoms. The Balaban J connectivity index is 3.33. The van der Waals surface area contributed by atoms with Crippen molar-refractivity contribution in [1.82, 2.24) is 0 Å². The summed E-state index contributed by atoms with van der Waals surface area (Å²) in [6, 6.07) is 0.936. The quantitative estimate of drug-likeness (QED) is 0.298. The maximum atomic E-state index is 5.43. The Bertz CT molecular complexity index is 210. The summed E-state index contributed by atoms with van der Waals surface area (Å²) < 4.78 is 16.3. The molecule has 0 aliphatic carbocycles. The first-order chi connectivity index (χ1) is 10.1. The number of hydrogen-bond acceptors (Lipinski definition) is 3. The predicted molar refractivity (Wildman–Crippen MR) is 92.6 cm³/mol. The third-order valence-electron chi connectivity index (χ3n) is 4.20. The van der Waals surface area contributed by atoms with Gasteiger partial charge in [0.15, 0.2) is 0 Å². The second-order valence-electron chi connectivity index (χ2n) is 6.41. The molecule has 0 aromatic rings. The Morgan fingerprint density at radius 1 is 0.619 bits per heavy atom. The minimum absolute atomic E-state index is 0.868. The van der Waals surface area contributed by atoms with Gasteiger partial charge in [0.25, 0.3) is 0 Å². The monoisotopic (exact) mass is 318 g/mol. The largest absolute Gasteiger partial charge is 0.500 e. The molecule has 0 saturated carbocycles. The zero-order valence-electron chi connectivity index (χ0n) is 15.1. The normalized spacial score (nSPS) is 12.3. The van der Waals surface area contributed by atoms with E-state index in [9.17, 15) is 0 Å². The molecule has 0 bridgehead atoms. The van der Waals surface area contributed by atoms with E-state index in [1.807, 2.05) is 0 Å². The van der Waals surface area contributed by atoms with Crippen molar-refractivity contribution in [1.29, 1.82) is 0 Å². The molecule has 0 amide bonds. The van der Waals surface area contributed by atoms with Gasteiger partial charge in [0.1, 0.15) is 0 Å². The van der Waals surface area contributed by atoms with E-state index in [0.717, 1.165) is 18.4 Å². The zero-order chi connectivity index (χ0) is 16.0. The molecule has 0 heterocycles. The highest BCUT2D eigenvalue weighted by molar-refractivity contribution is 6.60. The Morgan fingerprint density at radius 2 is 1.00 bits per heavy atom. The molecule has 0 rings (SSSR count). The van der Waals surface area contributed by atoms with Crippen LogP contribution in [0.3, 0.4) is 0 Å². The number of hydrogen-bond donors (Lipinski definition) is 0. The van der Waals surface area contributed by atoms with Gasteiger partial charge in [0, 0.05) is 27.4 Å². The van der Waals surface area contributed by atoms with Crippen LogP contribution in [0.2, 0.25) is 6.04 Å². The van der Waals surface area contributed by atoms with Gasteiger partial charge in [0.05, 0.1) is 0 Å². The Hall–Kier alpha value is 0.0969. The van der Waals surface area contributed by atoms with Crippen LogP contribution in [0.25, 0.3) is 0 Å². The molecule has 0 atom stereocenters. The lowest BCUT2D eigenvalue weighted by atomic mass is 10.0. The summed E-state index contributed by atoms with van der Waals surface area (Å²) in [6.45, 7) is 4.63. The molecule has 128 valence electrons. The van der Waals surface area contributed by atoms with Gasteiger partial charge >= 0.3 is 8.80 Å². The van der Waals surface area contributed by atoms with Crippen molar-refractivity contribution in [2.75, 3.05) is 21.3 Å². The van der Waals surface area contributed by atoms with E-state index >= 15 is 0 Å². The minimum atomic E-state index is -2.32. The van der Waals surface area contributed by atoms with Gasteiger partial charge in [0.2, 0.25) is 0 Å². The first-order valence-corrected chi connectivity index (χ1v) is 10.7. The van der Waals surface area contributed by atoms with Crippen molar-refractivity contribution in [2.24, 2.45) is 5.92 Å². The number of rotatable bonds is 15. The van der Waals surface area contributed by atoms with E-state index in [1.165, 1.54) is 57.8 Å². The second-order valence-corrected chi connectivity index (χ2v) is 9.50. The molecule has 0 N–H and O–H groups in total. The van der Waals surface area contributed by atoms with Crippen LogP contribution < -0.4 is 0 Å². The molecule has 21 heavy (non-hydrogen) atoms. The van der Waals surface area contributed by atoms with E-state index in [4.69, 9.17) is 13.3 Å². The maximum absolute atomic E-state index is 5.43. The van der Waals surface area contributed by atoms with E-state index in [2.05, 4.69) is 13.8 Å². The highest BCUT2D eigenvalue weighted by atomic mass is 28.4. The average Bonchev–Trinajstić information content (AvgIpc) is 2.49. The minimum Gasteiger partial charge on any atom is -0.377 e. The number of unbranched alkanes of at least 4 members (excludes halogenated alkanes) is 8. The van der Waals surface area contributed by atoms with Crippen LogP contribution in [0.4, 0.5) is 0 Å². The Kier molecular flexibility index (Phi) is 13.8. The first kappa shape index (κ1) is 21.1. The van der Waals surface area contributed by atoms with E-state index < -0.39 is 8.80 Å². The summed E-state index contributed by atoms with van der Waals surface area (Å²) in [5.41, 5.74) is 0. The predicted octanol–water partition coefficient (Wildman–Crippen LogP) is 5.42. The average molecular weight is 319 g/mol. The molecule has 4 heteroatoms. The summed E-state index contributed by atoms with van der Waals surface area (Å²) >= 11 is 0. The van der Waals surface area contributed by atoms with Gasteiger partial charge in [-0.1, -0.05) is 71.6 Å². The van der Waals surface area contributed by atoms with Crippen molar-refractivity contribution in [3.8, 4) is 0 Å². The molecule has 0 aromatic carbocycles. The van der Waals surface area contributed by atoms with Crippen LogP contribution in [0.15, 0.2) is 0 Å². The third-order valence-corrected chi connectivity index (χ3v) is 7.03. The van der Waals surface area contributed by atoms with E-state index in [1.54, 1.807) is 21.3 Å². The molecule has 3 nitrogen and oxygen atoms in total. The van der Waals surface area contributed by atoms with Crippen molar-refractivity contribution < 1.29 is 13.3 Å². The lowest BCUT2D eigenvalue weighted by Gasteiger charge is -2.24. The van der Waals surface area contributed by atoms with Crippen molar-refractivity contribution in [3.63, 3.8) is 0 Å². The summed E-state index contributed by atoms with van der Waals surface area (Å²) in [6.07, 6.45) is 13.5. The fourth-order valence-electron chi connectivity index (χ4n) is 2.69. The molecular weight excluding hydrogens is 280 g/mol. The van der Waals surface area contributed by atoms with Crippen LogP contribution in [0, 0.1) is 5.92 Å². The molecule has 0 aromatic heterocycles. The summed E-state index contributed by atoms with van der Waals surface area (Å²) in [7, 11) is 2.76. The lowest BCUT2D eigenvalue weighted by Crippen LogP contribution is -2.42. The fraction of sp³-hybridized carbons (Fsp3) is 1.00. The van der Waals surface area contributed by atoms with Gasteiger partial charge in [-0.2, -0.15) is 0 Å². The molecule has 0 saturated heterocycles. The van der Waals surface area contributed by atoms with Gasteiger partial charge in [-0.05, 0) is 12.3 Å². The van der Waals surface area contributed by atoms with Gasteiger partial charge in [-0.25, -0.2) is 0 Å². The van der Waals surface area contributed by atoms with Crippen LogP contribution in [-0.2, 0) is 13.3 Å². The SMILES string of the molecule is CO[Si](CCCCCCCCCCCC(C)C)(OC)OC. The van der Waals surface area contributed by atoms with Crippen molar-refractivity contribution in [2.45, 2.75) is 84.1 Å².